The first kappa shape index (κ1) is 16.4. The van der Waals surface area contributed by atoms with E-state index in [-0.39, 0.29) is 0 Å². The zero-order chi connectivity index (χ0) is 17.5. The van der Waals surface area contributed by atoms with Crippen molar-refractivity contribution in [3.8, 4) is 17.2 Å². The Labute approximate surface area is 146 Å². The predicted molar refractivity (Wildman–Crippen MR) is 97.0 cm³/mol. The quantitative estimate of drug-likeness (QED) is 0.648. The van der Waals surface area contributed by atoms with E-state index in [0.29, 0.717) is 11.5 Å². The SMILES string of the molecule is C=C/C=C\C(=C/C)Cc1cncc(-n2nnc(-c3ccccn3)n2)c1. The van der Waals surface area contributed by atoms with E-state index in [9.17, 15) is 0 Å². The van der Waals surface area contributed by atoms with E-state index in [1.165, 1.54) is 10.4 Å². The molecule has 0 aliphatic heterocycles. The van der Waals surface area contributed by atoms with E-state index in [2.05, 4.69) is 38.0 Å². The molecule has 3 aromatic heterocycles. The van der Waals surface area contributed by atoms with Crippen molar-refractivity contribution < 1.29 is 0 Å². The second kappa shape index (κ2) is 7.92. The molecule has 0 bridgehead atoms. The van der Waals surface area contributed by atoms with Crippen molar-refractivity contribution in [2.45, 2.75) is 13.3 Å². The minimum Gasteiger partial charge on any atom is -0.262 e. The average molecular weight is 330 g/mol. The number of tetrazole rings is 1. The summed E-state index contributed by atoms with van der Waals surface area (Å²) < 4.78 is 0. The van der Waals surface area contributed by atoms with Gasteiger partial charge in [0.1, 0.15) is 11.4 Å². The normalized spacial score (nSPS) is 11.8. The number of hydrogen-bond donors (Lipinski definition) is 0. The summed E-state index contributed by atoms with van der Waals surface area (Å²) in [7, 11) is 0. The summed E-state index contributed by atoms with van der Waals surface area (Å²) in [6.07, 6.45) is 13.8. The molecule has 0 amide bonds. The molecular weight excluding hydrogens is 312 g/mol. The number of pyridine rings is 2. The van der Waals surface area contributed by atoms with Gasteiger partial charge in [0.05, 0.1) is 6.20 Å². The largest absolute Gasteiger partial charge is 0.262 e. The number of rotatable bonds is 6. The predicted octanol–water partition coefficient (Wildman–Crippen LogP) is 3.35. The van der Waals surface area contributed by atoms with Crippen LogP contribution in [-0.4, -0.2) is 30.2 Å². The highest BCUT2D eigenvalue weighted by molar-refractivity contribution is 5.47. The molecule has 0 aliphatic rings. The number of hydrogen-bond acceptors (Lipinski definition) is 5. The number of nitrogens with zero attached hydrogens (tertiary/aromatic N) is 6. The van der Waals surface area contributed by atoms with Crippen molar-refractivity contribution in [3.63, 3.8) is 0 Å². The summed E-state index contributed by atoms with van der Waals surface area (Å²) in [5.41, 5.74) is 3.69. The van der Waals surface area contributed by atoms with Gasteiger partial charge in [0.2, 0.25) is 5.82 Å². The van der Waals surface area contributed by atoms with Gasteiger partial charge in [0.25, 0.3) is 0 Å². The molecule has 0 fully saturated rings. The van der Waals surface area contributed by atoms with Crippen molar-refractivity contribution in [2.24, 2.45) is 0 Å². The third-order valence-corrected chi connectivity index (χ3v) is 3.54. The second-order valence-corrected chi connectivity index (χ2v) is 5.30. The molecule has 6 heteroatoms. The molecule has 0 aromatic carbocycles. The first-order valence-corrected chi connectivity index (χ1v) is 7.90. The summed E-state index contributed by atoms with van der Waals surface area (Å²) in [4.78, 5) is 10.00. The van der Waals surface area contributed by atoms with E-state index in [4.69, 9.17) is 0 Å². The van der Waals surface area contributed by atoms with Gasteiger partial charge in [-0.05, 0) is 47.9 Å². The standard InChI is InChI=1S/C19H18N6/c1-3-5-8-15(4-2)11-16-12-17(14-20-13-16)25-23-19(22-24-25)18-9-6-7-10-21-18/h3-10,12-14H,1,11H2,2H3/b8-5-,15-4+. The van der Waals surface area contributed by atoms with Crippen LogP contribution in [0.5, 0.6) is 0 Å². The van der Waals surface area contributed by atoms with Gasteiger partial charge in [0.15, 0.2) is 0 Å². The van der Waals surface area contributed by atoms with E-state index in [0.717, 1.165) is 17.7 Å². The lowest BCUT2D eigenvalue weighted by molar-refractivity contribution is 0.715. The van der Waals surface area contributed by atoms with Crippen LogP contribution in [0.15, 0.2) is 79.3 Å². The van der Waals surface area contributed by atoms with Crippen LogP contribution in [0.3, 0.4) is 0 Å². The van der Waals surface area contributed by atoms with E-state index in [1.54, 1.807) is 18.5 Å². The van der Waals surface area contributed by atoms with Gasteiger partial charge in [0, 0.05) is 12.4 Å². The van der Waals surface area contributed by atoms with Gasteiger partial charge in [-0.1, -0.05) is 36.9 Å². The topological polar surface area (TPSA) is 69.4 Å². The van der Waals surface area contributed by atoms with Crippen molar-refractivity contribution in [2.75, 3.05) is 0 Å². The molecule has 0 N–H and O–H groups in total. The minimum atomic E-state index is 0.481. The summed E-state index contributed by atoms with van der Waals surface area (Å²) in [6, 6.07) is 7.59. The molecule has 0 saturated heterocycles. The molecule has 0 aliphatic carbocycles. The lowest BCUT2D eigenvalue weighted by atomic mass is 10.1. The Hall–Kier alpha value is -3.41. The highest BCUT2D eigenvalue weighted by Gasteiger charge is 2.09. The van der Waals surface area contributed by atoms with Crippen LogP contribution in [-0.2, 0) is 6.42 Å². The van der Waals surface area contributed by atoms with Crippen LogP contribution in [0.1, 0.15) is 12.5 Å². The lowest BCUT2D eigenvalue weighted by Gasteiger charge is -2.04. The summed E-state index contributed by atoms with van der Waals surface area (Å²) >= 11 is 0. The highest BCUT2D eigenvalue weighted by Crippen LogP contribution is 2.14. The maximum atomic E-state index is 4.39. The first-order valence-electron chi connectivity index (χ1n) is 7.90. The molecule has 3 rings (SSSR count). The first-order chi connectivity index (χ1) is 12.3. The van der Waals surface area contributed by atoms with Crippen molar-refractivity contribution in [1.82, 2.24) is 30.2 Å². The fraction of sp³-hybridized carbons (Fsp3) is 0.105. The Balaban J connectivity index is 1.83. The zero-order valence-electron chi connectivity index (χ0n) is 13.9. The maximum Gasteiger partial charge on any atom is 0.223 e. The summed E-state index contributed by atoms with van der Waals surface area (Å²) in [5, 5.41) is 12.6. The molecule has 0 spiro atoms. The van der Waals surface area contributed by atoms with Gasteiger partial charge < -0.3 is 0 Å². The Bertz CT molecular complexity index is 908. The Morgan fingerprint density at radius 3 is 2.96 bits per heavy atom. The molecule has 0 atom stereocenters. The summed E-state index contributed by atoms with van der Waals surface area (Å²) in [6.45, 7) is 5.71. The average Bonchev–Trinajstić information content (AvgIpc) is 3.16. The molecule has 6 nitrogen and oxygen atoms in total. The van der Waals surface area contributed by atoms with Crippen LogP contribution >= 0.6 is 0 Å². The van der Waals surface area contributed by atoms with Crippen LogP contribution in [0.2, 0.25) is 0 Å². The lowest BCUT2D eigenvalue weighted by Crippen LogP contribution is -2.01. The van der Waals surface area contributed by atoms with Crippen molar-refractivity contribution in [3.05, 3.63) is 84.9 Å². The zero-order valence-corrected chi connectivity index (χ0v) is 13.9. The highest BCUT2D eigenvalue weighted by atomic mass is 15.6. The smallest absolute Gasteiger partial charge is 0.223 e. The molecule has 3 heterocycles. The van der Waals surface area contributed by atoms with Crippen LogP contribution in [0.25, 0.3) is 17.2 Å². The molecule has 0 saturated carbocycles. The van der Waals surface area contributed by atoms with Crippen molar-refractivity contribution >= 4 is 0 Å². The fourth-order valence-corrected chi connectivity index (χ4v) is 2.29. The minimum absolute atomic E-state index is 0.481. The Kier molecular flexibility index (Phi) is 5.21. The van der Waals surface area contributed by atoms with Crippen LogP contribution in [0, 0.1) is 0 Å². The number of aromatic nitrogens is 6. The van der Waals surface area contributed by atoms with Crippen LogP contribution in [0.4, 0.5) is 0 Å². The molecule has 25 heavy (non-hydrogen) atoms. The Morgan fingerprint density at radius 2 is 2.20 bits per heavy atom. The second-order valence-electron chi connectivity index (χ2n) is 5.30. The fourth-order valence-electron chi connectivity index (χ4n) is 2.29. The third kappa shape index (κ3) is 4.11. The van der Waals surface area contributed by atoms with E-state index in [1.807, 2.05) is 49.5 Å². The molecule has 0 radical (unpaired) electrons. The molecule has 0 unspecified atom stereocenters. The van der Waals surface area contributed by atoms with E-state index >= 15 is 0 Å². The Morgan fingerprint density at radius 1 is 1.28 bits per heavy atom. The summed E-state index contributed by atoms with van der Waals surface area (Å²) in [5.74, 6) is 0.481. The molecular formula is C19H18N6. The molecule has 3 aromatic rings. The van der Waals surface area contributed by atoms with Gasteiger partial charge in [-0.15, -0.1) is 15.0 Å². The monoisotopic (exact) mass is 330 g/mol. The van der Waals surface area contributed by atoms with Crippen LogP contribution < -0.4 is 0 Å². The number of allylic oxidation sites excluding steroid dienone is 5. The van der Waals surface area contributed by atoms with Gasteiger partial charge in [-0.2, -0.15) is 0 Å². The van der Waals surface area contributed by atoms with Gasteiger partial charge in [-0.3, -0.25) is 9.97 Å². The molecule has 124 valence electrons. The third-order valence-electron chi connectivity index (χ3n) is 3.54. The van der Waals surface area contributed by atoms with Crippen molar-refractivity contribution in [1.29, 1.82) is 0 Å². The van der Waals surface area contributed by atoms with E-state index < -0.39 is 0 Å². The maximum absolute atomic E-state index is 4.39. The van der Waals surface area contributed by atoms with Gasteiger partial charge in [-0.25, -0.2) is 0 Å². The van der Waals surface area contributed by atoms with Gasteiger partial charge >= 0.3 is 0 Å².